The second-order valence-corrected chi connectivity index (χ2v) is 7.27. The van der Waals surface area contributed by atoms with Crippen LogP contribution in [0.3, 0.4) is 0 Å². The first-order valence-corrected chi connectivity index (χ1v) is 9.11. The molecule has 0 bridgehead atoms. The van der Waals surface area contributed by atoms with Crippen LogP contribution in [0.2, 0.25) is 0 Å². The number of ether oxygens (including phenoxy) is 2. The number of carbonyl (C=O) groups excluding carboxylic acids is 1. The standard InChI is InChI=1S/C19H27FN2O4/c1-25-11-18(23)22-9-8-21(16-5-3-6-16)12-19(24,13-22)14-26-17-7-2-4-15(20)10-17/h2,4,7,10,16,24H,3,5-6,8-9,11-14H2,1H3. The number of methoxy groups -OCH3 is 1. The lowest BCUT2D eigenvalue weighted by Crippen LogP contribution is -2.54. The fourth-order valence-electron chi connectivity index (χ4n) is 3.55. The van der Waals surface area contributed by atoms with E-state index >= 15 is 0 Å². The van der Waals surface area contributed by atoms with Gasteiger partial charge in [-0.3, -0.25) is 9.69 Å². The average molecular weight is 366 g/mol. The molecule has 2 fully saturated rings. The van der Waals surface area contributed by atoms with E-state index in [9.17, 15) is 14.3 Å². The van der Waals surface area contributed by atoms with Gasteiger partial charge in [-0.05, 0) is 25.0 Å². The van der Waals surface area contributed by atoms with E-state index < -0.39 is 5.60 Å². The number of nitrogens with zero attached hydrogens (tertiary/aromatic N) is 2. The second-order valence-electron chi connectivity index (χ2n) is 7.27. The van der Waals surface area contributed by atoms with Crippen LogP contribution in [0, 0.1) is 5.82 Å². The van der Waals surface area contributed by atoms with Crippen LogP contribution in [0.1, 0.15) is 19.3 Å². The van der Waals surface area contributed by atoms with Crippen molar-refractivity contribution in [1.29, 1.82) is 0 Å². The molecule has 0 aromatic heterocycles. The highest BCUT2D eigenvalue weighted by Crippen LogP contribution is 2.28. The van der Waals surface area contributed by atoms with Crippen molar-refractivity contribution in [2.24, 2.45) is 0 Å². The van der Waals surface area contributed by atoms with Gasteiger partial charge in [-0.2, -0.15) is 0 Å². The van der Waals surface area contributed by atoms with E-state index in [0.717, 1.165) is 19.4 Å². The number of amides is 1. The van der Waals surface area contributed by atoms with E-state index in [1.165, 1.54) is 25.7 Å². The van der Waals surface area contributed by atoms with E-state index in [2.05, 4.69) is 4.90 Å². The molecule has 1 aromatic rings. The number of benzene rings is 1. The topological polar surface area (TPSA) is 62.2 Å². The van der Waals surface area contributed by atoms with E-state index in [1.807, 2.05) is 0 Å². The number of rotatable bonds is 6. The van der Waals surface area contributed by atoms with Gasteiger partial charge >= 0.3 is 0 Å². The summed E-state index contributed by atoms with van der Waals surface area (Å²) in [5.41, 5.74) is -1.22. The van der Waals surface area contributed by atoms with Gasteiger partial charge in [0, 0.05) is 38.9 Å². The summed E-state index contributed by atoms with van der Waals surface area (Å²) in [6.45, 7) is 1.88. The van der Waals surface area contributed by atoms with Crippen LogP contribution in [0.4, 0.5) is 4.39 Å². The van der Waals surface area contributed by atoms with Gasteiger partial charge in [-0.15, -0.1) is 0 Å². The van der Waals surface area contributed by atoms with Gasteiger partial charge in [0.1, 0.15) is 30.4 Å². The van der Waals surface area contributed by atoms with Gasteiger partial charge in [-0.25, -0.2) is 4.39 Å². The van der Waals surface area contributed by atoms with Gasteiger partial charge in [-0.1, -0.05) is 12.5 Å². The average Bonchev–Trinajstić information content (AvgIpc) is 2.72. The van der Waals surface area contributed by atoms with Crippen LogP contribution >= 0.6 is 0 Å². The molecular weight excluding hydrogens is 339 g/mol. The first-order chi connectivity index (χ1) is 12.5. The molecule has 2 aliphatic rings. The van der Waals surface area contributed by atoms with E-state index in [0.29, 0.717) is 24.9 Å². The molecule has 3 rings (SSSR count). The maximum absolute atomic E-state index is 13.3. The van der Waals surface area contributed by atoms with Gasteiger partial charge in [0.2, 0.25) is 5.91 Å². The van der Waals surface area contributed by atoms with Gasteiger partial charge < -0.3 is 19.5 Å². The zero-order chi connectivity index (χ0) is 18.6. The third-order valence-corrected chi connectivity index (χ3v) is 5.15. The molecule has 0 spiro atoms. The Labute approximate surface area is 153 Å². The third-order valence-electron chi connectivity index (χ3n) is 5.15. The Hall–Kier alpha value is -1.70. The zero-order valence-corrected chi connectivity index (χ0v) is 15.2. The summed E-state index contributed by atoms with van der Waals surface area (Å²) in [5.74, 6) is -0.164. The Morgan fingerprint density at radius 3 is 2.81 bits per heavy atom. The second kappa shape index (κ2) is 8.33. The van der Waals surface area contributed by atoms with Crippen LogP contribution in [-0.2, 0) is 9.53 Å². The third kappa shape index (κ3) is 4.72. The fraction of sp³-hybridized carbons (Fsp3) is 0.632. The Kier molecular flexibility index (Phi) is 6.11. The lowest BCUT2D eigenvalue weighted by molar-refractivity contribution is -0.138. The molecule has 26 heavy (non-hydrogen) atoms. The van der Waals surface area contributed by atoms with Crippen LogP contribution in [0.15, 0.2) is 24.3 Å². The SMILES string of the molecule is COCC(=O)N1CCN(C2CCC2)CC(O)(COc2cccc(F)c2)C1. The van der Waals surface area contributed by atoms with Crippen molar-refractivity contribution < 1.29 is 23.8 Å². The summed E-state index contributed by atoms with van der Waals surface area (Å²) < 4.78 is 24.0. The number of halogens is 1. The molecule has 1 aromatic carbocycles. The normalized spacial score (nSPS) is 24.8. The fourth-order valence-corrected chi connectivity index (χ4v) is 3.55. The van der Waals surface area contributed by atoms with E-state index in [4.69, 9.17) is 9.47 Å². The van der Waals surface area contributed by atoms with Gasteiger partial charge in [0.15, 0.2) is 0 Å². The minimum Gasteiger partial charge on any atom is -0.490 e. The van der Waals surface area contributed by atoms with Gasteiger partial charge in [0.05, 0.1) is 6.54 Å². The molecule has 1 aliphatic heterocycles. The molecule has 6 nitrogen and oxygen atoms in total. The number of carbonyl (C=O) groups is 1. The summed E-state index contributed by atoms with van der Waals surface area (Å²) in [4.78, 5) is 16.2. The van der Waals surface area contributed by atoms with Crippen molar-refractivity contribution in [2.45, 2.75) is 30.9 Å². The van der Waals surface area contributed by atoms with Crippen LogP contribution < -0.4 is 4.74 Å². The molecule has 1 atom stereocenters. The predicted molar refractivity (Wildman–Crippen MR) is 94.5 cm³/mol. The molecule has 1 aliphatic carbocycles. The van der Waals surface area contributed by atoms with E-state index in [-0.39, 0.29) is 31.5 Å². The Morgan fingerprint density at radius 2 is 2.15 bits per heavy atom. The van der Waals surface area contributed by atoms with Crippen molar-refractivity contribution in [3.05, 3.63) is 30.1 Å². The summed E-state index contributed by atoms with van der Waals surface area (Å²) in [5, 5.41) is 11.2. The molecule has 144 valence electrons. The van der Waals surface area contributed by atoms with Crippen molar-refractivity contribution >= 4 is 5.91 Å². The van der Waals surface area contributed by atoms with Crippen LogP contribution in [-0.4, -0.2) is 79.0 Å². The first kappa shape index (κ1) is 19.1. The number of aliphatic hydroxyl groups is 1. The summed E-state index contributed by atoms with van der Waals surface area (Å²) in [6.07, 6.45) is 3.44. The summed E-state index contributed by atoms with van der Waals surface area (Å²) in [6, 6.07) is 6.31. The number of hydrogen-bond donors (Lipinski definition) is 1. The van der Waals surface area contributed by atoms with Crippen molar-refractivity contribution in [3.63, 3.8) is 0 Å². The highest BCUT2D eigenvalue weighted by Gasteiger charge is 2.40. The molecule has 7 heteroatoms. The minimum atomic E-state index is -1.22. The Morgan fingerprint density at radius 1 is 1.35 bits per heavy atom. The molecule has 1 unspecified atom stereocenters. The highest BCUT2D eigenvalue weighted by molar-refractivity contribution is 5.77. The summed E-state index contributed by atoms with van der Waals surface area (Å²) in [7, 11) is 1.48. The quantitative estimate of drug-likeness (QED) is 0.822. The first-order valence-electron chi connectivity index (χ1n) is 9.11. The minimum absolute atomic E-state index is 0.00354. The lowest BCUT2D eigenvalue weighted by Gasteiger charge is -2.40. The van der Waals surface area contributed by atoms with Crippen molar-refractivity contribution in [1.82, 2.24) is 9.80 Å². The molecule has 1 saturated heterocycles. The lowest BCUT2D eigenvalue weighted by atomic mass is 9.90. The zero-order valence-electron chi connectivity index (χ0n) is 15.2. The number of β-amino-alcohol motifs (C(OH)–C–C–N with tert-alkyl or cyclic N) is 1. The molecular formula is C19H27FN2O4. The number of hydrogen-bond acceptors (Lipinski definition) is 5. The van der Waals surface area contributed by atoms with E-state index in [1.54, 1.807) is 17.0 Å². The van der Waals surface area contributed by atoms with Crippen LogP contribution in [0.25, 0.3) is 0 Å². The summed E-state index contributed by atoms with van der Waals surface area (Å²) >= 11 is 0. The predicted octanol–water partition coefficient (Wildman–Crippen LogP) is 1.28. The van der Waals surface area contributed by atoms with Crippen molar-refractivity contribution in [3.8, 4) is 5.75 Å². The molecule has 1 heterocycles. The maximum Gasteiger partial charge on any atom is 0.248 e. The maximum atomic E-state index is 13.3. The molecule has 1 saturated carbocycles. The highest BCUT2D eigenvalue weighted by atomic mass is 19.1. The Balaban J connectivity index is 1.71. The molecule has 0 radical (unpaired) electrons. The van der Waals surface area contributed by atoms with Crippen molar-refractivity contribution in [2.75, 3.05) is 46.5 Å². The smallest absolute Gasteiger partial charge is 0.248 e. The monoisotopic (exact) mass is 366 g/mol. The molecule has 1 amide bonds. The van der Waals surface area contributed by atoms with Crippen LogP contribution in [0.5, 0.6) is 5.75 Å². The largest absolute Gasteiger partial charge is 0.490 e. The van der Waals surface area contributed by atoms with Gasteiger partial charge in [0.25, 0.3) is 0 Å². The molecule has 1 N–H and O–H groups in total. The Bertz CT molecular complexity index is 625.